The van der Waals surface area contributed by atoms with E-state index in [1.54, 1.807) is 35.4 Å². The predicted octanol–water partition coefficient (Wildman–Crippen LogP) is 5.40. The van der Waals surface area contributed by atoms with Gasteiger partial charge in [0.1, 0.15) is 6.04 Å². The molecule has 0 bridgehead atoms. The molecule has 3 rings (SSSR count). The van der Waals surface area contributed by atoms with E-state index in [0.29, 0.717) is 5.75 Å². The molecule has 2 N–H and O–H groups in total. The molecule has 35 heavy (non-hydrogen) atoms. The molecule has 0 aliphatic carbocycles. The zero-order chi connectivity index (χ0) is 25.3. The lowest BCUT2D eigenvalue weighted by Gasteiger charge is -2.29. The van der Waals surface area contributed by atoms with Gasteiger partial charge < -0.3 is 0 Å². The maximum atomic E-state index is 13.9. The van der Waals surface area contributed by atoms with E-state index in [1.165, 1.54) is 33.8 Å². The lowest BCUT2D eigenvalue weighted by molar-refractivity contribution is -0.133. The molecule has 1 amide bonds. The molecule has 0 saturated heterocycles. The molecular weight excluding hydrogens is 523 g/mol. The highest BCUT2D eigenvalue weighted by atomic mass is 32.2. The Morgan fingerprint density at radius 3 is 2.63 bits per heavy atom. The fraction of sp³-hybridized carbons (Fsp3) is 0.417. The van der Waals surface area contributed by atoms with Crippen molar-refractivity contribution < 1.29 is 18.4 Å². The van der Waals surface area contributed by atoms with Crippen molar-refractivity contribution in [2.24, 2.45) is 0 Å². The summed E-state index contributed by atoms with van der Waals surface area (Å²) in [5.74, 6) is 0.797. The number of fused-ring (bicyclic) bond motifs is 1. The van der Waals surface area contributed by atoms with Gasteiger partial charge in [0.25, 0.3) is 5.91 Å². The first-order valence-electron chi connectivity index (χ1n) is 11.4. The van der Waals surface area contributed by atoms with E-state index in [9.17, 15) is 18.4 Å². The molecule has 0 unspecified atom stereocenters. The van der Waals surface area contributed by atoms with E-state index in [4.69, 9.17) is 0 Å². The topological polar surface area (TPSA) is 99.6 Å². The summed E-state index contributed by atoms with van der Waals surface area (Å²) in [7, 11) is -4.07. The number of sulfonamides is 1. The summed E-state index contributed by atoms with van der Waals surface area (Å²) in [6, 6.07) is 13.0. The zero-order valence-corrected chi connectivity index (χ0v) is 23.1. The smallest absolute Gasteiger partial charge is 0.261 e. The minimum atomic E-state index is -4.07. The third-order valence-corrected chi connectivity index (χ3v) is 10.2. The summed E-state index contributed by atoms with van der Waals surface area (Å²) in [6.45, 7) is 2.18. The van der Waals surface area contributed by atoms with Crippen molar-refractivity contribution in [3.05, 3.63) is 54.1 Å². The lowest BCUT2D eigenvalue weighted by Crippen LogP contribution is -2.48. The number of carbonyl (C=O) groups excluding carboxylic acids is 1. The van der Waals surface area contributed by atoms with Crippen molar-refractivity contribution in [2.75, 3.05) is 17.8 Å². The van der Waals surface area contributed by atoms with Gasteiger partial charge in [0.05, 0.1) is 15.1 Å². The fourth-order valence-corrected chi connectivity index (χ4v) is 7.93. The van der Waals surface area contributed by atoms with Gasteiger partial charge in [0.15, 0.2) is 4.34 Å². The van der Waals surface area contributed by atoms with E-state index < -0.39 is 22.0 Å². The highest BCUT2D eigenvalue weighted by molar-refractivity contribution is 8.01. The number of thioether (sulfide) groups is 2. The average Bonchev–Trinajstić information content (AvgIpc) is 3.28. The zero-order valence-electron chi connectivity index (χ0n) is 19.8. The van der Waals surface area contributed by atoms with Crippen molar-refractivity contribution in [1.29, 1.82) is 0 Å². The van der Waals surface area contributed by atoms with Gasteiger partial charge in [-0.25, -0.2) is 18.9 Å². The van der Waals surface area contributed by atoms with Crippen LogP contribution in [0.1, 0.15) is 38.2 Å². The van der Waals surface area contributed by atoms with Gasteiger partial charge in [-0.1, -0.05) is 61.9 Å². The summed E-state index contributed by atoms with van der Waals surface area (Å²) >= 11 is 4.68. The number of unbranched alkanes of at least 4 members (excludes halogenated alkanes) is 2. The van der Waals surface area contributed by atoms with E-state index in [1.807, 2.05) is 36.6 Å². The molecule has 0 fully saturated rings. The van der Waals surface area contributed by atoms with Gasteiger partial charge in [-0.15, -0.1) is 11.3 Å². The van der Waals surface area contributed by atoms with Crippen LogP contribution in [0.25, 0.3) is 10.2 Å². The Balaban J connectivity index is 1.96. The second-order valence-electron chi connectivity index (χ2n) is 7.97. The number of rotatable bonds is 14. The third kappa shape index (κ3) is 7.43. The summed E-state index contributed by atoms with van der Waals surface area (Å²) in [5.41, 5.74) is 3.17. The predicted molar refractivity (Wildman–Crippen MR) is 146 cm³/mol. The Labute approximate surface area is 219 Å². The highest BCUT2D eigenvalue weighted by Crippen LogP contribution is 2.33. The van der Waals surface area contributed by atoms with Crippen LogP contribution in [0, 0.1) is 0 Å². The number of aromatic nitrogens is 1. The van der Waals surface area contributed by atoms with Gasteiger partial charge in [-0.05, 0) is 48.6 Å². The Bertz CT molecular complexity index is 1200. The number of amides is 1. The monoisotopic (exact) mass is 553 g/mol. The van der Waals surface area contributed by atoms with Crippen LogP contribution in [0.4, 0.5) is 0 Å². The number of carbonyl (C=O) groups is 1. The van der Waals surface area contributed by atoms with Crippen molar-refractivity contribution in [2.45, 2.75) is 54.4 Å². The first-order chi connectivity index (χ1) is 16.9. The van der Waals surface area contributed by atoms with Crippen molar-refractivity contribution >= 4 is 61.0 Å². The minimum absolute atomic E-state index is 0.00883. The third-order valence-electron chi connectivity index (χ3n) is 5.46. The molecule has 0 saturated carbocycles. The number of hydrogen-bond acceptors (Lipinski definition) is 8. The Kier molecular flexibility index (Phi) is 10.9. The van der Waals surface area contributed by atoms with E-state index in [-0.39, 0.29) is 17.9 Å². The average molecular weight is 554 g/mol. The quantitative estimate of drug-likeness (QED) is 0.119. The number of benzene rings is 2. The van der Waals surface area contributed by atoms with Gasteiger partial charge in [0, 0.05) is 12.3 Å². The Morgan fingerprint density at radius 2 is 1.94 bits per heavy atom. The first-order valence-corrected chi connectivity index (χ1v) is 16.1. The van der Waals surface area contributed by atoms with Gasteiger partial charge >= 0.3 is 0 Å². The molecule has 1 heterocycles. The second-order valence-corrected chi connectivity index (χ2v) is 13.2. The van der Waals surface area contributed by atoms with Gasteiger partial charge in [-0.3, -0.25) is 10.0 Å². The van der Waals surface area contributed by atoms with Crippen LogP contribution in [0.2, 0.25) is 0 Å². The fourth-order valence-electron chi connectivity index (χ4n) is 3.59. The van der Waals surface area contributed by atoms with Crippen LogP contribution in [0.3, 0.4) is 0 Å². The SMILES string of the molecule is CCCCCSc1nc2ccc(S(=O)(=O)N(Cc3ccccc3)[C@H](CCSC)C(=O)NO)cc2s1. The van der Waals surface area contributed by atoms with Crippen LogP contribution in [0.5, 0.6) is 0 Å². The van der Waals surface area contributed by atoms with E-state index >= 15 is 0 Å². The maximum Gasteiger partial charge on any atom is 0.261 e. The number of thiazole rings is 1. The molecule has 0 spiro atoms. The number of nitrogens with one attached hydrogen (secondary N) is 1. The normalized spacial score (nSPS) is 12.8. The second kappa shape index (κ2) is 13.6. The molecule has 0 aliphatic rings. The van der Waals surface area contributed by atoms with E-state index in [2.05, 4.69) is 11.9 Å². The van der Waals surface area contributed by atoms with Crippen LogP contribution in [-0.2, 0) is 21.4 Å². The molecule has 11 heteroatoms. The molecule has 2 aromatic carbocycles. The minimum Gasteiger partial charge on any atom is -0.289 e. The molecule has 190 valence electrons. The molecule has 1 atom stereocenters. The molecule has 7 nitrogen and oxygen atoms in total. The molecular formula is C24H31N3O4S4. The van der Waals surface area contributed by atoms with E-state index in [0.717, 1.165) is 38.7 Å². The van der Waals surface area contributed by atoms with Gasteiger partial charge in [-0.2, -0.15) is 16.1 Å². The Hall–Kier alpha value is -1.63. The first kappa shape index (κ1) is 27.9. The maximum absolute atomic E-state index is 13.9. The number of hydroxylamine groups is 1. The van der Waals surface area contributed by atoms with Gasteiger partial charge in [0.2, 0.25) is 10.0 Å². The van der Waals surface area contributed by atoms with Crippen LogP contribution < -0.4 is 5.48 Å². The van der Waals surface area contributed by atoms with Crippen LogP contribution in [0.15, 0.2) is 57.8 Å². The highest BCUT2D eigenvalue weighted by Gasteiger charge is 2.36. The molecule has 1 aromatic heterocycles. The molecule has 0 radical (unpaired) electrons. The summed E-state index contributed by atoms with van der Waals surface area (Å²) in [4.78, 5) is 17.3. The largest absolute Gasteiger partial charge is 0.289 e. The lowest BCUT2D eigenvalue weighted by atomic mass is 10.1. The van der Waals surface area contributed by atoms with Crippen molar-refractivity contribution in [3.63, 3.8) is 0 Å². The summed E-state index contributed by atoms with van der Waals surface area (Å²) < 4.78 is 30.7. The molecule has 3 aromatic rings. The van der Waals surface area contributed by atoms with Crippen molar-refractivity contribution in [1.82, 2.24) is 14.8 Å². The summed E-state index contributed by atoms with van der Waals surface area (Å²) in [6.07, 6.45) is 5.61. The number of nitrogens with zero attached hydrogens (tertiary/aromatic N) is 2. The van der Waals surface area contributed by atoms with Crippen LogP contribution in [-0.4, -0.2) is 52.6 Å². The molecule has 0 aliphatic heterocycles. The number of hydrogen-bond donors (Lipinski definition) is 2. The summed E-state index contributed by atoms with van der Waals surface area (Å²) in [5, 5.41) is 9.37. The Morgan fingerprint density at radius 1 is 1.17 bits per heavy atom. The van der Waals surface area contributed by atoms with Crippen molar-refractivity contribution in [3.8, 4) is 0 Å². The standard InChI is InChI=1S/C24H31N3O4S4/c1-3-4-8-14-33-24-25-20-12-11-19(16-22(20)34-24)35(30,31)27(17-18-9-6-5-7-10-18)21(13-15-32-2)23(28)26-29/h5-7,9-12,16,21,29H,3-4,8,13-15,17H2,1-2H3,(H,26,28)/t21-/m1/s1. The van der Waals surface area contributed by atoms with Crippen LogP contribution >= 0.6 is 34.9 Å².